The summed E-state index contributed by atoms with van der Waals surface area (Å²) in [6.45, 7) is 1.54. The maximum Gasteiger partial charge on any atom is 0.416 e. The van der Waals surface area contributed by atoms with Crippen molar-refractivity contribution in [2.24, 2.45) is 12.0 Å². The molecular weight excluding hydrogens is 317 g/mol. The first-order chi connectivity index (χ1) is 10.2. The zero-order chi connectivity index (χ0) is 16.5. The van der Waals surface area contributed by atoms with Crippen molar-refractivity contribution in [3.8, 4) is 0 Å². The minimum atomic E-state index is -4.42. The first-order valence-corrected chi connectivity index (χ1v) is 7.17. The average molecular weight is 330 g/mol. The molecule has 1 aromatic heterocycles. The average Bonchev–Trinajstić information content (AvgIpc) is 2.79. The van der Waals surface area contributed by atoms with Gasteiger partial charge >= 0.3 is 12.1 Å². The first-order valence-electron chi connectivity index (χ1n) is 6.29. The predicted octanol–water partition coefficient (Wildman–Crippen LogP) is 3.53. The fraction of sp³-hybridized carbons (Fsp3) is 0.286. The number of carboxylic acid groups (broad SMARTS) is 1. The van der Waals surface area contributed by atoms with E-state index in [-0.39, 0.29) is 5.69 Å². The molecule has 2 aromatic rings. The SMILES string of the molecule is CC(C(=O)O)c1csc(=Nc2cccc(C(F)(F)F)c2)n1C. The summed E-state index contributed by atoms with van der Waals surface area (Å²) in [4.78, 5) is 15.6. The van der Waals surface area contributed by atoms with Crippen LogP contribution in [0.3, 0.4) is 0 Å². The Morgan fingerprint density at radius 2 is 2.09 bits per heavy atom. The monoisotopic (exact) mass is 330 g/mol. The Hall–Kier alpha value is -2.09. The fourth-order valence-electron chi connectivity index (χ4n) is 1.86. The van der Waals surface area contributed by atoms with Gasteiger partial charge in [-0.15, -0.1) is 11.3 Å². The Bertz CT molecular complexity index is 762. The molecule has 0 amide bonds. The molecule has 0 bridgehead atoms. The van der Waals surface area contributed by atoms with E-state index in [9.17, 15) is 18.0 Å². The number of aromatic nitrogens is 1. The van der Waals surface area contributed by atoms with E-state index in [0.29, 0.717) is 10.5 Å². The van der Waals surface area contributed by atoms with Crippen LogP contribution in [0.15, 0.2) is 34.6 Å². The fourth-order valence-corrected chi connectivity index (χ4v) is 2.87. The van der Waals surface area contributed by atoms with E-state index in [1.165, 1.54) is 23.5 Å². The molecule has 1 unspecified atom stereocenters. The Morgan fingerprint density at radius 3 is 2.68 bits per heavy atom. The molecule has 0 saturated heterocycles. The van der Waals surface area contributed by atoms with Crippen molar-refractivity contribution in [1.82, 2.24) is 4.57 Å². The van der Waals surface area contributed by atoms with E-state index in [1.807, 2.05) is 0 Å². The normalized spacial score (nSPS) is 14.1. The molecule has 4 nitrogen and oxygen atoms in total. The molecular formula is C14H13F3N2O2S. The Kier molecular flexibility index (Phi) is 4.41. The summed E-state index contributed by atoms with van der Waals surface area (Å²) >= 11 is 1.18. The number of alkyl halides is 3. The number of hydrogen-bond acceptors (Lipinski definition) is 3. The highest BCUT2D eigenvalue weighted by Gasteiger charge is 2.30. The van der Waals surface area contributed by atoms with Crippen LogP contribution in [0, 0.1) is 0 Å². The maximum atomic E-state index is 12.7. The van der Waals surface area contributed by atoms with Crippen LogP contribution in [0.1, 0.15) is 24.1 Å². The summed E-state index contributed by atoms with van der Waals surface area (Å²) in [5.41, 5.74) is -0.0582. The number of nitrogens with zero attached hydrogens (tertiary/aromatic N) is 2. The second-order valence-corrected chi connectivity index (χ2v) is 5.56. The van der Waals surface area contributed by atoms with E-state index < -0.39 is 23.6 Å². The van der Waals surface area contributed by atoms with Crippen LogP contribution in [0.5, 0.6) is 0 Å². The van der Waals surface area contributed by atoms with Crippen LogP contribution in [0.25, 0.3) is 0 Å². The van der Waals surface area contributed by atoms with Gasteiger partial charge in [-0.1, -0.05) is 6.07 Å². The van der Waals surface area contributed by atoms with Gasteiger partial charge in [0.25, 0.3) is 0 Å². The molecule has 1 N–H and O–H groups in total. The Balaban J connectivity index is 2.45. The molecule has 0 fully saturated rings. The summed E-state index contributed by atoms with van der Waals surface area (Å²) < 4.78 is 39.6. The summed E-state index contributed by atoms with van der Waals surface area (Å²) in [6, 6.07) is 4.69. The van der Waals surface area contributed by atoms with E-state index in [2.05, 4.69) is 4.99 Å². The summed E-state index contributed by atoms with van der Waals surface area (Å²) in [7, 11) is 1.64. The van der Waals surface area contributed by atoms with Crippen molar-refractivity contribution in [3.05, 3.63) is 45.7 Å². The number of thiazole rings is 1. The number of hydrogen-bond donors (Lipinski definition) is 1. The maximum absolute atomic E-state index is 12.7. The third-order valence-electron chi connectivity index (χ3n) is 3.17. The van der Waals surface area contributed by atoms with E-state index in [1.54, 1.807) is 23.9 Å². The number of carboxylic acids is 1. The topological polar surface area (TPSA) is 54.6 Å². The van der Waals surface area contributed by atoms with Crippen LogP contribution in [-0.2, 0) is 18.0 Å². The number of benzene rings is 1. The molecule has 2 rings (SSSR count). The molecule has 1 aromatic carbocycles. The highest BCUT2D eigenvalue weighted by atomic mass is 32.1. The Labute approximate surface area is 128 Å². The molecule has 0 spiro atoms. The van der Waals surface area contributed by atoms with Gasteiger partial charge in [0, 0.05) is 18.1 Å². The van der Waals surface area contributed by atoms with Crippen LogP contribution >= 0.6 is 11.3 Å². The minimum absolute atomic E-state index is 0.168. The van der Waals surface area contributed by atoms with E-state index in [0.717, 1.165) is 12.1 Å². The van der Waals surface area contributed by atoms with Crippen molar-refractivity contribution in [2.75, 3.05) is 0 Å². The lowest BCUT2D eigenvalue weighted by Crippen LogP contribution is -2.18. The second-order valence-electron chi connectivity index (χ2n) is 4.72. The highest BCUT2D eigenvalue weighted by molar-refractivity contribution is 7.07. The van der Waals surface area contributed by atoms with Gasteiger partial charge in [0.05, 0.1) is 17.2 Å². The molecule has 0 aliphatic rings. The lowest BCUT2D eigenvalue weighted by Gasteiger charge is -2.07. The quantitative estimate of drug-likeness (QED) is 0.936. The minimum Gasteiger partial charge on any atom is -0.481 e. The molecule has 0 aliphatic heterocycles. The highest BCUT2D eigenvalue weighted by Crippen LogP contribution is 2.31. The van der Waals surface area contributed by atoms with Gasteiger partial charge in [0.15, 0.2) is 4.80 Å². The van der Waals surface area contributed by atoms with Crippen molar-refractivity contribution in [1.29, 1.82) is 0 Å². The molecule has 0 saturated carbocycles. The first kappa shape index (κ1) is 16.3. The summed E-state index contributed by atoms with van der Waals surface area (Å²) in [5.74, 6) is -1.69. The van der Waals surface area contributed by atoms with Crippen LogP contribution < -0.4 is 4.80 Å². The summed E-state index contributed by atoms with van der Waals surface area (Å²) in [6.07, 6.45) is -4.42. The number of aliphatic carboxylic acids is 1. The molecule has 0 radical (unpaired) electrons. The van der Waals surface area contributed by atoms with E-state index in [4.69, 9.17) is 5.11 Å². The lowest BCUT2D eigenvalue weighted by atomic mass is 10.1. The van der Waals surface area contributed by atoms with Gasteiger partial charge in [-0.05, 0) is 25.1 Å². The molecule has 1 atom stereocenters. The van der Waals surface area contributed by atoms with Gasteiger partial charge in [-0.2, -0.15) is 13.2 Å². The lowest BCUT2D eigenvalue weighted by molar-refractivity contribution is -0.139. The van der Waals surface area contributed by atoms with Crippen molar-refractivity contribution < 1.29 is 23.1 Å². The molecule has 1 heterocycles. The van der Waals surface area contributed by atoms with Crippen molar-refractivity contribution in [3.63, 3.8) is 0 Å². The van der Waals surface area contributed by atoms with Gasteiger partial charge in [-0.25, -0.2) is 4.99 Å². The van der Waals surface area contributed by atoms with Crippen molar-refractivity contribution in [2.45, 2.75) is 19.0 Å². The second kappa shape index (κ2) is 5.96. The third-order valence-corrected chi connectivity index (χ3v) is 4.11. The van der Waals surface area contributed by atoms with Gasteiger partial charge in [0.2, 0.25) is 0 Å². The van der Waals surface area contributed by atoms with Gasteiger partial charge < -0.3 is 9.67 Å². The smallest absolute Gasteiger partial charge is 0.416 e. The van der Waals surface area contributed by atoms with Gasteiger partial charge in [-0.3, -0.25) is 4.79 Å². The predicted molar refractivity (Wildman–Crippen MR) is 76.0 cm³/mol. The van der Waals surface area contributed by atoms with Crippen LogP contribution in [-0.4, -0.2) is 15.6 Å². The van der Waals surface area contributed by atoms with Gasteiger partial charge in [0.1, 0.15) is 0 Å². The largest absolute Gasteiger partial charge is 0.481 e. The molecule has 22 heavy (non-hydrogen) atoms. The van der Waals surface area contributed by atoms with Crippen LogP contribution in [0.2, 0.25) is 0 Å². The number of carbonyl (C=O) groups is 1. The number of halogens is 3. The zero-order valence-corrected chi connectivity index (χ0v) is 12.6. The van der Waals surface area contributed by atoms with Crippen molar-refractivity contribution >= 4 is 23.0 Å². The standard InChI is InChI=1S/C14H13F3N2O2S/c1-8(12(20)21)11-7-22-13(19(11)2)18-10-5-3-4-9(6-10)14(15,16)17/h3-8H,1-2H3,(H,20,21). The molecule has 118 valence electrons. The zero-order valence-electron chi connectivity index (χ0n) is 11.8. The third kappa shape index (κ3) is 3.38. The molecule has 8 heteroatoms. The number of rotatable bonds is 3. The molecule has 0 aliphatic carbocycles. The van der Waals surface area contributed by atoms with E-state index >= 15 is 0 Å². The van der Waals surface area contributed by atoms with Crippen LogP contribution in [0.4, 0.5) is 18.9 Å². The Morgan fingerprint density at radius 1 is 1.41 bits per heavy atom. The summed E-state index contributed by atoms with van der Waals surface area (Å²) in [5, 5.41) is 10.7.